The molecule has 0 bridgehead atoms. The summed E-state index contributed by atoms with van der Waals surface area (Å²) in [6.45, 7) is 3.41. The lowest BCUT2D eigenvalue weighted by Crippen LogP contribution is -2.34. The monoisotopic (exact) mass is 382 g/mol. The normalized spacial score (nSPS) is 12.4. The van der Waals surface area contributed by atoms with Crippen LogP contribution in [-0.2, 0) is 6.54 Å². The number of pyridine rings is 1. The predicted octanol–water partition coefficient (Wildman–Crippen LogP) is 3.51. The summed E-state index contributed by atoms with van der Waals surface area (Å²) in [6, 6.07) is 12.2. The fourth-order valence-electron chi connectivity index (χ4n) is 2.13. The van der Waals surface area contributed by atoms with E-state index in [2.05, 4.69) is 35.9 Å². The largest absolute Gasteiger partial charge is 0.454 e. The molecule has 1 aliphatic rings. The summed E-state index contributed by atoms with van der Waals surface area (Å²) in [7, 11) is 0. The highest BCUT2D eigenvalue weighted by Gasteiger charge is 2.12. The number of nitrogens with zero attached hydrogens (tertiary/aromatic N) is 1. The van der Waals surface area contributed by atoms with E-state index in [4.69, 9.17) is 9.47 Å². The van der Waals surface area contributed by atoms with Crippen molar-refractivity contribution >= 4 is 36.1 Å². The Balaban J connectivity index is 0.00000147. The highest BCUT2D eigenvalue weighted by molar-refractivity contribution is 14.0. The molecule has 3 nitrogen and oxygen atoms in total. The maximum absolute atomic E-state index is 5.37. The van der Waals surface area contributed by atoms with E-state index in [9.17, 15) is 0 Å². The first kappa shape index (κ1) is 14.8. The van der Waals surface area contributed by atoms with Crippen molar-refractivity contribution in [3.63, 3.8) is 0 Å². The summed E-state index contributed by atoms with van der Waals surface area (Å²) in [5, 5.41) is 0. The third-order valence-corrected chi connectivity index (χ3v) is 3.16. The molecule has 0 saturated carbocycles. The standard InChI is InChI=1S/C16H16NO2.HI/c1-2-17-10-4-3-5-14(17)8-6-13-7-9-15-16(11-13)19-12-18-15;/h3-11H,2,12H2,1H3;1H/q+1;/b8-6+;. The fourth-order valence-corrected chi connectivity index (χ4v) is 2.13. The first-order valence-electron chi connectivity index (χ1n) is 6.43. The molecule has 3 rings (SSSR count). The number of hydrogen-bond donors (Lipinski definition) is 0. The summed E-state index contributed by atoms with van der Waals surface area (Å²) in [6.07, 6.45) is 6.28. The number of rotatable bonds is 3. The van der Waals surface area contributed by atoms with Gasteiger partial charge in [0.2, 0.25) is 12.5 Å². The second-order valence-electron chi connectivity index (χ2n) is 4.36. The van der Waals surface area contributed by atoms with Gasteiger partial charge in [-0.25, -0.2) is 0 Å². The van der Waals surface area contributed by atoms with Gasteiger partial charge in [-0.1, -0.05) is 6.07 Å². The maximum Gasteiger partial charge on any atom is 0.231 e. The third kappa shape index (κ3) is 3.12. The molecule has 1 aromatic carbocycles. The van der Waals surface area contributed by atoms with Crippen molar-refractivity contribution in [1.82, 2.24) is 0 Å². The van der Waals surface area contributed by atoms with E-state index >= 15 is 0 Å². The number of fused-ring (bicyclic) bond motifs is 1. The summed E-state index contributed by atoms with van der Waals surface area (Å²) in [5.74, 6) is 1.64. The lowest BCUT2D eigenvalue weighted by Gasteiger charge is -1.98. The van der Waals surface area contributed by atoms with Crippen molar-refractivity contribution in [3.05, 3.63) is 53.9 Å². The zero-order valence-electron chi connectivity index (χ0n) is 11.3. The van der Waals surface area contributed by atoms with Gasteiger partial charge in [-0.15, -0.1) is 24.0 Å². The Morgan fingerprint density at radius 1 is 1.10 bits per heavy atom. The van der Waals surface area contributed by atoms with Crippen molar-refractivity contribution < 1.29 is 14.0 Å². The smallest absolute Gasteiger partial charge is 0.231 e. The van der Waals surface area contributed by atoms with Crippen LogP contribution in [0.5, 0.6) is 11.5 Å². The number of aryl methyl sites for hydroxylation is 1. The second kappa shape index (κ2) is 6.74. The number of aromatic nitrogens is 1. The molecule has 0 radical (unpaired) electrons. The molecule has 0 amide bonds. The minimum atomic E-state index is 0. The van der Waals surface area contributed by atoms with Gasteiger partial charge in [-0.2, -0.15) is 4.57 Å². The van der Waals surface area contributed by atoms with Gasteiger partial charge in [0, 0.05) is 18.2 Å². The summed E-state index contributed by atoms with van der Waals surface area (Å²) >= 11 is 0. The minimum absolute atomic E-state index is 0. The zero-order valence-corrected chi connectivity index (χ0v) is 13.6. The Kier molecular flexibility index (Phi) is 5.00. The highest BCUT2D eigenvalue weighted by atomic mass is 127. The van der Waals surface area contributed by atoms with E-state index in [0.29, 0.717) is 6.79 Å². The Hall–Kier alpha value is -1.56. The molecule has 2 heterocycles. The molecule has 0 N–H and O–H groups in total. The fraction of sp³-hybridized carbons (Fsp3) is 0.188. The Morgan fingerprint density at radius 2 is 1.95 bits per heavy atom. The van der Waals surface area contributed by atoms with Crippen LogP contribution < -0.4 is 14.0 Å². The summed E-state index contributed by atoms with van der Waals surface area (Å²) < 4.78 is 12.9. The molecule has 0 spiro atoms. The zero-order chi connectivity index (χ0) is 13.1. The minimum Gasteiger partial charge on any atom is -0.454 e. The van der Waals surface area contributed by atoms with Crippen molar-refractivity contribution in [1.29, 1.82) is 0 Å². The van der Waals surface area contributed by atoms with Gasteiger partial charge in [0.1, 0.15) is 6.54 Å². The summed E-state index contributed by atoms with van der Waals surface area (Å²) in [5.41, 5.74) is 2.29. The van der Waals surface area contributed by atoms with Gasteiger partial charge in [0.05, 0.1) is 0 Å². The molecule has 0 atom stereocenters. The molecule has 1 aliphatic heterocycles. The van der Waals surface area contributed by atoms with Gasteiger partial charge in [-0.3, -0.25) is 0 Å². The average molecular weight is 382 g/mol. The number of hydrogen-bond acceptors (Lipinski definition) is 2. The van der Waals surface area contributed by atoms with Gasteiger partial charge < -0.3 is 9.47 Å². The molecular formula is C16H17INO2+. The lowest BCUT2D eigenvalue weighted by molar-refractivity contribution is -0.695. The van der Waals surface area contributed by atoms with Crippen LogP contribution >= 0.6 is 24.0 Å². The van der Waals surface area contributed by atoms with Crippen LogP contribution in [0.25, 0.3) is 12.2 Å². The van der Waals surface area contributed by atoms with Crippen molar-refractivity contribution in [3.8, 4) is 11.5 Å². The van der Waals surface area contributed by atoms with Crippen LogP contribution in [0.15, 0.2) is 42.6 Å². The van der Waals surface area contributed by atoms with Crippen LogP contribution in [0, 0.1) is 0 Å². The van der Waals surface area contributed by atoms with E-state index in [1.807, 2.05) is 30.3 Å². The first-order chi connectivity index (χ1) is 9.36. The second-order valence-corrected chi connectivity index (χ2v) is 4.36. The maximum atomic E-state index is 5.37. The molecule has 4 heteroatoms. The number of ether oxygens (including phenoxy) is 2. The van der Waals surface area contributed by atoms with Crippen LogP contribution in [0.2, 0.25) is 0 Å². The molecular weight excluding hydrogens is 365 g/mol. The van der Waals surface area contributed by atoms with Gasteiger partial charge in [-0.05, 0) is 36.8 Å². The molecule has 104 valence electrons. The van der Waals surface area contributed by atoms with Gasteiger partial charge in [0.25, 0.3) is 0 Å². The number of halogens is 1. The molecule has 0 unspecified atom stereocenters. The Bertz CT molecular complexity index is 626. The molecule has 0 saturated heterocycles. The van der Waals surface area contributed by atoms with E-state index in [1.54, 1.807) is 0 Å². The summed E-state index contributed by atoms with van der Waals surface area (Å²) in [4.78, 5) is 0. The molecule has 0 aliphatic carbocycles. The predicted molar refractivity (Wildman–Crippen MR) is 89.2 cm³/mol. The lowest BCUT2D eigenvalue weighted by atomic mass is 10.1. The first-order valence-corrected chi connectivity index (χ1v) is 6.43. The Morgan fingerprint density at radius 3 is 2.80 bits per heavy atom. The van der Waals surface area contributed by atoms with Crippen molar-refractivity contribution in [2.24, 2.45) is 0 Å². The SMILES string of the molecule is CC[n+]1ccccc1/C=C/c1ccc2c(c1)OCO2.I. The van der Waals surface area contributed by atoms with Crippen LogP contribution in [0.1, 0.15) is 18.2 Å². The third-order valence-electron chi connectivity index (χ3n) is 3.16. The van der Waals surface area contributed by atoms with Gasteiger partial charge in [0.15, 0.2) is 17.7 Å². The number of benzene rings is 1. The average Bonchev–Trinajstić information content (AvgIpc) is 2.93. The molecule has 1 aromatic heterocycles. The molecule has 2 aromatic rings. The topological polar surface area (TPSA) is 22.3 Å². The van der Waals surface area contributed by atoms with E-state index in [-0.39, 0.29) is 24.0 Å². The highest BCUT2D eigenvalue weighted by Crippen LogP contribution is 2.32. The van der Waals surface area contributed by atoms with Crippen molar-refractivity contribution in [2.75, 3.05) is 6.79 Å². The van der Waals surface area contributed by atoms with Gasteiger partial charge >= 0.3 is 0 Å². The van der Waals surface area contributed by atoms with Crippen LogP contribution in [0.3, 0.4) is 0 Å². The molecule has 20 heavy (non-hydrogen) atoms. The van der Waals surface area contributed by atoms with Crippen LogP contribution in [0.4, 0.5) is 0 Å². The Labute approximate surface area is 135 Å². The van der Waals surface area contributed by atoms with Crippen molar-refractivity contribution in [2.45, 2.75) is 13.5 Å². The molecule has 0 fully saturated rings. The van der Waals surface area contributed by atoms with E-state index < -0.39 is 0 Å². The van der Waals surface area contributed by atoms with E-state index in [1.165, 1.54) is 5.69 Å². The van der Waals surface area contributed by atoms with E-state index in [0.717, 1.165) is 23.6 Å². The van der Waals surface area contributed by atoms with Crippen LogP contribution in [-0.4, -0.2) is 6.79 Å². The quantitative estimate of drug-likeness (QED) is 0.599.